The van der Waals surface area contributed by atoms with Crippen molar-refractivity contribution in [2.24, 2.45) is 5.92 Å². The van der Waals surface area contributed by atoms with Crippen molar-refractivity contribution in [1.82, 2.24) is 10.2 Å². The van der Waals surface area contributed by atoms with Crippen LogP contribution in [0.3, 0.4) is 0 Å². The lowest BCUT2D eigenvalue weighted by Gasteiger charge is -2.30. The molecule has 22 heavy (non-hydrogen) atoms. The third-order valence-corrected chi connectivity index (χ3v) is 4.22. The molecule has 5 nitrogen and oxygen atoms in total. The number of piperidine rings is 1. The van der Waals surface area contributed by atoms with Crippen LogP contribution in [0.2, 0.25) is 0 Å². The number of carbonyl (C=O) groups is 2. The highest BCUT2D eigenvalue weighted by atomic mass is 16.5. The number of likely N-dealkylation sites (tertiary alicyclic amines) is 1. The fourth-order valence-electron chi connectivity index (χ4n) is 2.68. The summed E-state index contributed by atoms with van der Waals surface area (Å²) in [4.78, 5) is 25.2. The van der Waals surface area contributed by atoms with Gasteiger partial charge in [0.15, 0.2) is 0 Å². The fraction of sp³-hybridized carbons (Fsp3) is 0.529. The smallest absolute Gasteiger partial charge is 0.409 e. The molecule has 1 aliphatic rings. The van der Waals surface area contributed by atoms with Crippen LogP contribution in [0.4, 0.5) is 4.79 Å². The number of amides is 2. The topological polar surface area (TPSA) is 58.6 Å². The number of nitrogens with zero attached hydrogens (tertiary/aromatic N) is 1. The standard InChI is InChI=1S/C17H24N2O3/c1-3-13-4-6-15(7-5-13)16(20)18-12-14-8-10-19(11-9-14)17(21)22-2/h4-7,14H,3,8-12H2,1-2H3,(H,18,20). The van der Waals surface area contributed by atoms with Crippen LogP contribution in [0.5, 0.6) is 0 Å². The maximum Gasteiger partial charge on any atom is 0.409 e. The van der Waals surface area contributed by atoms with Crippen LogP contribution in [0.15, 0.2) is 24.3 Å². The minimum absolute atomic E-state index is 0.0296. The lowest BCUT2D eigenvalue weighted by atomic mass is 9.97. The first-order valence-corrected chi connectivity index (χ1v) is 7.84. The predicted octanol–water partition coefficient (Wildman–Crippen LogP) is 2.46. The van der Waals surface area contributed by atoms with Gasteiger partial charge < -0.3 is 15.0 Å². The molecule has 1 aromatic carbocycles. The van der Waals surface area contributed by atoms with Crippen molar-refractivity contribution in [3.05, 3.63) is 35.4 Å². The Labute approximate surface area is 131 Å². The quantitative estimate of drug-likeness (QED) is 0.929. The first kappa shape index (κ1) is 16.3. The third-order valence-electron chi connectivity index (χ3n) is 4.22. The zero-order valence-electron chi connectivity index (χ0n) is 13.3. The number of rotatable bonds is 4. The molecule has 1 aliphatic heterocycles. The summed E-state index contributed by atoms with van der Waals surface area (Å²) in [6.07, 6.45) is 2.49. The van der Waals surface area contributed by atoms with E-state index in [4.69, 9.17) is 4.74 Å². The molecule has 1 aromatic rings. The Morgan fingerprint density at radius 1 is 1.23 bits per heavy atom. The van der Waals surface area contributed by atoms with Gasteiger partial charge in [0.25, 0.3) is 5.91 Å². The monoisotopic (exact) mass is 304 g/mol. The maximum atomic E-state index is 12.1. The zero-order valence-corrected chi connectivity index (χ0v) is 13.3. The van der Waals surface area contributed by atoms with Gasteiger partial charge in [0.1, 0.15) is 0 Å². The Morgan fingerprint density at radius 3 is 2.41 bits per heavy atom. The van der Waals surface area contributed by atoms with Gasteiger partial charge in [-0.05, 0) is 42.9 Å². The summed E-state index contributed by atoms with van der Waals surface area (Å²) in [5.74, 6) is 0.387. The molecule has 1 fully saturated rings. The Bertz CT molecular complexity index is 505. The van der Waals surface area contributed by atoms with E-state index in [1.54, 1.807) is 4.90 Å². The van der Waals surface area contributed by atoms with E-state index >= 15 is 0 Å². The zero-order chi connectivity index (χ0) is 15.9. The molecule has 1 N–H and O–H groups in total. The van der Waals surface area contributed by atoms with Gasteiger partial charge in [-0.3, -0.25) is 4.79 Å². The molecule has 0 bridgehead atoms. The Morgan fingerprint density at radius 2 is 1.86 bits per heavy atom. The summed E-state index contributed by atoms with van der Waals surface area (Å²) in [5.41, 5.74) is 1.93. The van der Waals surface area contributed by atoms with Crippen LogP contribution < -0.4 is 5.32 Å². The molecule has 120 valence electrons. The van der Waals surface area contributed by atoms with Gasteiger partial charge in [-0.2, -0.15) is 0 Å². The van der Waals surface area contributed by atoms with E-state index in [0.717, 1.165) is 19.3 Å². The number of hydrogen-bond donors (Lipinski definition) is 1. The van der Waals surface area contributed by atoms with Gasteiger partial charge in [0.05, 0.1) is 7.11 Å². The molecular weight excluding hydrogens is 280 g/mol. The van der Waals surface area contributed by atoms with E-state index in [0.29, 0.717) is 31.1 Å². The highest BCUT2D eigenvalue weighted by Gasteiger charge is 2.23. The van der Waals surface area contributed by atoms with E-state index in [1.807, 2.05) is 24.3 Å². The molecule has 0 aromatic heterocycles. The average molecular weight is 304 g/mol. The van der Waals surface area contributed by atoms with Crippen LogP contribution >= 0.6 is 0 Å². The Balaban J connectivity index is 1.76. The number of ether oxygens (including phenoxy) is 1. The number of carbonyl (C=O) groups excluding carboxylic acids is 2. The van der Waals surface area contributed by atoms with E-state index in [-0.39, 0.29) is 12.0 Å². The first-order valence-electron chi connectivity index (χ1n) is 7.84. The summed E-state index contributed by atoms with van der Waals surface area (Å²) in [7, 11) is 1.40. The molecule has 0 unspecified atom stereocenters. The van der Waals surface area contributed by atoms with Crippen molar-refractivity contribution < 1.29 is 14.3 Å². The van der Waals surface area contributed by atoms with Crippen molar-refractivity contribution in [2.45, 2.75) is 26.2 Å². The van der Waals surface area contributed by atoms with E-state index < -0.39 is 0 Å². The molecule has 0 saturated carbocycles. The number of benzene rings is 1. The molecule has 0 radical (unpaired) electrons. The van der Waals surface area contributed by atoms with Crippen LogP contribution in [0, 0.1) is 5.92 Å². The van der Waals surface area contributed by atoms with Gasteiger partial charge >= 0.3 is 6.09 Å². The summed E-state index contributed by atoms with van der Waals surface area (Å²) in [6.45, 7) is 4.13. The first-order chi connectivity index (χ1) is 10.6. The second-order valence-corrected chi connectivity index (χ2v) is 5.66. The normalized spacial score (nSPS) is 15.5. The van der Waals surface area contributed by atoms with Gasteiger partial charge in [-0.15, -0.1) is 0 Å². The summed E-state index contributed by atoms with van der Waals surface area (Å²) in [5, 5.41) is 2.99. The second-order valence-electron chi connectivity index (χ2n) is 5.66. The molecule has 2 rings (SSSR count). The average Bonchev–Trinajstić information content (AvgIpc) is 2.59. The highest BCUT2D eigenvalue weighted by Crippen LogP contribution is 2.17. The fourth-order valence-corrected chi connectivity index (χ4v) is 2.68. The van der Waals surface area contributed by atoms with E-state index in [2.05, 4.69) is 12.2 Å². The van der Waals surface area contributed by atoms with Crippen LogP contribution in [-0.2, 0) is 11.2 Å². The summed E-state index contributed by atoms with van der Waals surface area (Å²) < 4.78 is 4.72. The van der Waals surface area contributed by atoms with Gasteiger partial charge in [-0.25, -0.2) is 4.79 Å². The molecule has 0 spiro atoms. The lowest BCUT2D eigenvalue weighted by Crippen LogP contribution is -2.41. The molecule has 2 amide bonds. The molecule has 0 aliphatic carbocycles. The molecule has 1 heterocycles. The highest BCUT2D eigenvalue weighted by molar-refractivity contribution is 5.94. The number of aryl methyl sites for hydroxylation is 1. The largest absolute Gasteiger partial charge is 0.453 e. The predicted molar refractivity (Wildman–Crippen MR) is 84.9 cm³/mol. The SMILES string of the molecule is CCc1ccc(C(=O)NCC2CCN(C(=O)OC)CC2)cc1. The van der Waals surface area contributed by atoms with Crippen molar-refractivity contribution in [2.75, 3.05) is 26.7 Å². The van der Waals surface area contributed by atoms with Crippen molar-refractivity contribution >= 4 is 12.0 Å². The van der Waals surface area contributed by atoms with Crippen molar-refractivity contribution in [1.29, 1.82) is 0 Å². The van der Waals surface area contributed by atoms with E-state index in [9.17, 15) is 9.59 Å². The number of methoxy groups -OCH3 is 1. The third kappa shape index (κ3) is 4.23. The number of hydrogen-bond acceptors (Lipinski definition) is 3. The van der Waals surface area contributed by atoms with Crippen molar-refractivity contribution in [3.8, 4) is 0 Å². The molecular formula is C17H24N2O3. The number of nitrogens with one attached hydrogen (secondary N) is 1. The second kappa shape index (κ2) is 7.82. The molecule has 1 saturated heterocycles. The van der Waals surface area contributed by atoms with Crippen molar-refractivity contribution in [3.63, 3.8) is 0 Å². The van der Waals surface area contributed by atoms with Gasteiger partial charge in [0.2, 0.25) is 0 Å². The minimum Gasteiger partial charge on any atom is -0.453 e. The van der Waals surface area contributed by atoms with E-state index in [1.165, 1.54) is 12.7 Å². The lowest BCUT2D eigenvalue weighted by molar-refractivity contribution is 0.0914. The van der Waals surface area contributed by atoms with Gasteiger partial charge in [-0.1, -0.05) is 19.1 Å². The van der Waals surface area contributed by atoms with Gasteiger partial charge in [0, 0.05) is 25.2 Å². The minimum atomic E-state index is -0.265. The Hall–Kier alpha value is -2.04. The molecule has 0 atom stereocenters. The van der Waals surface area contributed by atoms with Crippen LogP contribution in [0.1, 0.15) is 35.7 Å². The maximum absolute atomic E-state index is 12.1. The summed E-state index contributed by atoms with van der Waals surface area (Å²) >= 11 is 0. The summed E-state index contributed by atoms with van der Waals surface area (Å²) in [6, 6.07) is 7.72. The Kier molecular flexibility index (Phi) is 5.81. The van der Waals surface area contributed by atoms with Crippen LogP contribution in [0.25, 0.3) is 0 Å². The molecule has 5 heteroatoms. The van der Waals surface area contributed by atoms with Crippen LogP contribution in [-0.4, -0.2) is 43.6 Å².